The van der Waals surface area contributed by atoms with Crippen LogP contribution in [0.2, 0.25) is 0 Å². The number of rotatable bonds is 0. The third-order valence-electron chi connectivity index (χ3n) is 3.17. The fourth-order valence-electron chi connectivity index (χ4n) is 2.43. The molecule has 0 bridgehead atoms. The summed E-state index contributed by atoms with van der Waals surface area (Å²) in [6.45, 7) is 1.40. The first-order chi connectivity index (χ1) is 11.5. The van der Waals surface area contributed by atoms with E-state index in [2.05, 4.69) is 0 Å². The summed E-state index contributed by atoms with van der Waals surface area (Å²) in [5, 5.41) is 0. The van der Waals surface area contributed by atoms with Gasteiger partial charge in [-0.2, -0.15) is 0 Å². The molecule has 0 nitrogen and oxygen atoms in total. The van der Waals surface area contributed by atoms with Crippen LogP contribution in [0.5, 0.6) is 0 Å². The van der Waals surface area contributed by atoms with Crippen LogP contribution in [0, 0.1) is 6.92 Å². The molecule has 0 unspecified atom stereocenters. The molecule has 15 heteroatoms. The normalized spacial score (nSPS) is 14.7. The Morgan fingerprint density at radius 3 is 0.630 bits per heavy atom. The van der Waals surface area contributed by atoms with Crippen molar-refractivity contribution in [2.45, 2.75) is 25.9 Å². The monoisotopic (exact) mass is 672 g/mol. The first-order valence-electron chi connectivity index (χ1n) is 6.08. The summed E-state index contributed by atoms with van der Waals surface area (Å²) >= 11 is 91.3. The van der Waals surface area contributed by atoms with Crippen LogP contribution in [0.1, 0.15) is 33.4 Å². The molecule has 0 amide bonds. The molecule has 1 aromatic carbocycles. The van der Waals surface area contributed by atoms with E-state index in [1.54, 1.807) is 0 Å². The van der Waals surface area contributed by atoms with Gasteiger partial charge < -0.3 is 0 Å². The van der Waals surface area contributed by atoms with Crippen molar-refractivity contribution in [3.05, 3.63) is 33.4 Å². The maximum absolute atomic E-state index is 6.10. The van der Waals surface area contributed by atoms with E-state index < -0.39 is 24.5 Å². The predicted molar refractivity (Wildman–Crippen MR) is 127 cm³/mol. The Morgan fingerprint density at radius 2 is 0.481 bits per heavy atom. The summed E-state index contributed by atoms with van der Waals surface area (Å²) in [5.41, 5.74) is -1.49. The van der Waals surface area contributed by atoms with Gasteiger partial charge in [-0.3, -0.25) is 0 Å². The summed E-state index contributed by atoms with van der Waals surface area (Å²) in [7, 11) is 0. The maximum Gasteiger partial charge on any atom is 0.216 e. The van der Waals surface area contributed by atoms with Crippen LogP contribution in [0.25, 0.3) is 0 Å². The van der Waals surface area contributed by atoms with Gasteiger partial charge in [0.15, 0.2) is 0 Å². The van der Waals surface area contributed by atoms with E-state index in [0.29, 0.717) is 0 Å². The second kappa shape index (κ2) is 9.08. The standard InChI is InChI=1S/C12H3Cl15/c1-2-3(8(13,14)15)5(10(19,20)21)7(12(25,26)27)6(11(22,23)24)4(2)9(16,17)18/h1H3. The summed E-state index contributed by atoms with van der Waals surface area (Å²) in [6.07, 6.45) is 0. The van der Waals surface area contributed by atoms with Crippen molar-refractivity contribution < 1.29 is 0 Å². The Balaban J connectivity index is 4.58. The average Bonchev–Trinajstić information content (AvgIpc) is 2.29. The molecule has 0 aromatic heterocycles. The average molecular weight is 679 g/mol. The van der Waals surface area contributed by atoms with Crippen molar-refractivity contribution >= 4 is 174 Å². The molecule has 0 N–H and O–H groups in total. The van der Waals surface area contributed by atoms with E-state index >= 15 is 0 Å². The van der Waals surface area contributed by atoms with Crippen molar-refractivity contribution in [1.82, 2.24) is 0 Å². The van der Waals surface area contributed by atoms with Crippen molar-refractivity contribution in [3.8, 4) is 0 Å². The molecular weight excluding hydrogens is 676 g/mol. The van der Waals surface area contributed by atoms with Crippen molar-refractivity contribution in [3.63, 3.8) is 0 Å². The molecule has 1 rings (SSSR count). The first kappa shape index (κ1) is 28.6. The van der Waals surface area contributed by atoms with Gasteiger partial charge in [0.2, 0.25) is 19.0 Å². The Bertz CT molecular complexity index is 667. The molecule has 0 aliphatic rings. The third kappa shape index (κ3) is 6.78. The quantitative estimate of drug-likeness (QED) is 0.240. The van der Waals surface area contributed by atoms with Crippen LogP contribution in [0.15, 0.2) is 0 Å². The minimum absolute atomic E-state index is 0.0376. The molecule has 27 heavy (non-hydrogen) atoms. The van der Waals surface area contributed by atoms with Crippen LogP contribution < -0.4 is 0 Å². The lowest BCUT2D eigenvalue weighted by atomic mass is 9.89. The van der Waals surface area contributed by atoms with Gasteiger partial charge >= 0.3 is 0 Å². The van der Waals surface area contributed by atoms with Gasteiger partial charge in [0.05, 0.1) is 0 Å². The van der Waals surface area contributed by atoms with Crippen molar-refractivity contribution in [2.75, 3.05) is 0 Å². The molecule has 0 fully saturated rings. The summed E-state index contributed by atoms with van der Waals surface area (Å²) in [6, 6.07) is 0. The largest absolute Gasteiger partial charge is 0.216 e. The minimum Gasteiger partial charge on any atom is -0.0784 e. The van der Waals surface area contributed by atoms with Gasteiger partial charge in [-0.15, -0.1) is 0 Å². The predicted octanol–water partition coefficient (Wildman–Crippen LogP) is 11.1. The number of hydrogen-bond acceptors (Lipinski definition) is 0. The Hall–Kier alpha value is 3.57. The molecule has 0 saturated heterocycles. The van der Waals surface area contributed by atoms with Crippen LogP contribution in [0.3, 0.4) is 0 Å². The SMILES string of the molecule is Cc1c(C(Cl)(Cl)Cl)c(C(Cl)(Cl)Cl)c(C(Cl)(Cl)Cl)c(C(Cl)(Cl)Cl)c1C(Cl)(Cl)Cl. The minimum atomic E-state index is -2.35. The van der Waals surface area contributed by atoms with E-state index in [1.165, 1.54) is 6.92 Å². The number of alkyl halides is 15. The highest BCUT2D eigenvalue weighted by Crippen LogP contribution is 2.62. The van der Waals surface area contributed by atoms with Crippen LogP contribution >= 0.6 is 174 Å². The van der Waals surface area contributed by atoms with E-state index in [-0.39, 0.29) is 27.8 Å². The molecule has 0 atom stereocenters. The summed E-state index contributed by atoms with van der Waals surface area (Å²) < 4.78 is -11.3. The molecule has 156 valence electrons. The fraction of sp³-hybridized carbons (Fsp3) is 0.500. The highest BCUT2D eigenvalue weighted by molar-refractivity contribution is 6.72. The number of benzene rings is 1. The second-order valence-corrected chi connectivity index (χ2v) is 16.4. The molecule has 0 spiro atoms. The topological polar surface area (TPSA) is 0 Å². The van der Waals surface area contributed by atoms with Crippen molar-refractivity contribution in [2.24, 2.45) is 0 Å². The highest BCUT2D eigenvalue weighted by Gasteiger charge is 2.51. The lowest BCUT2D eigenvalue weighted by Crippen LogP contribution is -2.29. The van der Waals surface area contributed by atoms with Crippen LogP contribution in [-0.4, -0.2) is 0 Å². The van der Waals surface area contributed by atoms with E-state index in [9.17, 15) is 0 Å². The van der Waals surface area contributed by atoms with E-state index in [0.717, 1.165) is 0 Å². The lowest BCUT2D eigenvalue weighted by Gasteiger charge is -2.36. The molecule has 0 saturated carbocycles. The molecule has 0 radical (unpaired) electrons. The van der Waals surface area contributed by atoms with Gasteiger partial charge in [0.25, 0.3) is 0 Å². The summed E-state index contributed by atoms with van der Waals surface area (Å²) in [5.74, 6) is 0. The third-order valence-corrected chi connectivity index (χ3v) is 6.00. The molecule has 1 aromatic rings. The van der Waals surface area contributed by atoms with Gasteiger partial charge in [-0.05, 0) is 12.5 Å². The highest BCUT2D eigenvalue weighted by atomic mass is 35.6. The Morgan fingerprint density at radius 1 is 0.333 bits per heavy atom. The first-order valence-corrected chi connectivity index (χ1v) is 11.8. The molecule has 0 aliphatic carbocycles. The van der Waals surface area contributed by atoms with Crippen molar-refractivity contribution in [1.29, 1.82) is 0 Å². The molecule has 0 aliphatic heterocycles. The molecular formula is C12H3Cl15. The smallest absolute Gasteiger partial charge is 0.0784 e. The lowest BCUT2D eigenvalue weighted by molar-refractivity contribution is 0.944. The fourth-order valence-corrected chi connectivity index (χ4v) is 5.55. The van der Waals surface area contributed by atoms with E-state index in [1.807, 2.05) is 0 Å². The Kier molecular flexibility index (Phi) is 9.61. The van der Waals surface area contributed by atoms with Crippen LogP contribution in [-0.2, 0) is 19.0 Å². The Labute approximate surface area is 230 Å². The maximum atomic E-state index is 6.10. The molecule has 0 heterocycles. The zero-order valence-electron chi connectivity index (χ0n) is 12.2. The second-order valence-electron chi connectivity index (χ2n) is 4.99. The zero-order chi connectivity index (χ0) is 22.0. The van der Waals surface area contributed by atoms with Gasteiger partial charge in [0.1, 0.15) is 0 Å². The van der Waals surface area contributed by atoms with Gasteiger partial charge in [-0.1, -0.05) is 174 Å². The number of hydrogen-bond donors (Lipinski definition) is 0. The van der Waals surface area contributed by atoms with E-state index in [4.69, 9.17) is 174 Å². The number of halogens is 15. The summed E-state index contributed by atoms with van der Waals surface area (Å²) in [4.78, 5) is 0. The zero-order valence-corrected chi connectivity index (χ0v) is 23.5. The van der Waals surface area contributed by atoms with Crippen LogP contribution in [0.4, 0.5) is 0 Å². The van der Waals surface area contributed by atoms with Gasteiger partial charge in [0, 0.05) is 27.8 Å². The van der Waals surface area contributed by atoms with Gasteiger partial charge in [-0.25, -0.2) is 0 Å².